The van der Waals surface area contributed by atoms with E-state index in [1.807, 2.05) is 36.4 Å². The number of carbonyl (C=O) groups is 1. The number of ether oxygens (including phenoxy) is 2. The number of rotatable bonds is 9. The molecule has 1 aliphatic rings. The van der Waals surface area contributed by atoms with Gasteiger partial charge in [0.1, 0.15) is 5.78 Å². The molecule has 0 radical (unpaired) electrons. The van der Waals surface area contributed by atoms with Gasteiger partial charge in [-0.25, -0.2) is 0 Å². The second-order valence-electron chi connectivity index (χ2n) is 8.06. The van der Waals surface area contributed by atoms with E-state index < -0.39 is 0 Å². The number of ketones is 1. The lowest BCUT2D eigenvalue weighted by Crippen LogP contribution is -2.30. The minimum Gasteiger partial charge on any atom is -0.376 e. The van der Waals surface area contributed by atoms with Crippen LogP contribution < -0.4 is 0 Å². The normalized spacial score (nSPS) is 21.3. The minimum absolute atomic E-state index is 0.0840. The van der Waals surface area contributed by atoms with Crippen LogP contribution in [-0.2, 0) is 27.5 Å². The van der Waals surface area contributed by atoms with E-state index in [0.717, 1.165) is 12.8 Å². The Morgan fingerprint density at radius 3 is 1.78 bits per heavy atom. The molecule has 1 fully saturated rings. The van der Waals surface area contributed by atoms with Crippen molar-refractivity contribution >= 4 is 5.78 Å². The molecule has 3 rings (SSSR count). The van der Waals surface area contributed by atoms with E-state index in [-0.39, 0.29) is 17.1 Å². The first-order chi connectivity index (χ1) is 13.1. The van der Waals surface area contributed by atoms with E-state index in [1.54, 1.807) is 6.92 Å². The Kier molecular flexibility index (Phi) is 6.81. The molecule has 27 heavy (non-hydrogen) atoms. The smallest absolute Gasteiger partial charge is 0.133 e. The summed E-state index contributed by atoms with van der Waals surface area (Å²) in [6.07, 6.45) is 1.83. The molecule has 1 aliphatic carbocycles. The molecule has 0 amide bonds. The molecular formula is C24H30O3. The average molecular weight is 367 g/mol. The maximum absolute atomic E-state index is 12.1. The largest absolute Gasteiger partial charge is 0.376 e. The Bertz CT molecular complexity index is 665. The third-order valence-electron chi connectivity index (χ3n) is 5.66. The zero-order chi connectivity index (χ0) is 19.1. The summed E-state index contributed by atoms with van der Waals surface area (Å²) in [4.78, 5) is 12.1. The first-order valence-corrected chi connectivity index (χ1v) is 9.82. The number of hydrogen-bond acceptors (Lipinski definition) is 3. The summed E-state index contributed by atoms with van der Waals surface area (Å²) in [6.45, 7) is 6.35. The van der Waals surface area contributed by atoms with Gasteiger partial charge >= 0.3 is 0 Å². The second kappa shape index (κ2) is 9.29. The van der Waals surface area contributed by atoms with Crippen LogP contribution in [0.4, 0.5) is 0 Å². The molecule has 3 heteroatoms. The van der Waals surface area contributed by atoms with Crippen LogP contribution in [0.2, 0.25) is 0 Å². The predicted octanol–water partition coefficient (Wildman–Crippen LogP) is 5.04. The van der Waals surface area contributed by atoms with E-state index >= 15 is 0 Å². The van der Waals surface area contributed by atoms with E-state index in [1.165, 1.54) is 11.1 Å². The van der Waals surface area contributed by atoms with Gasteiger partial charge in [0.05, 0.1) is 26.4 Å². The Labute approximate surface area is 162 Å². The van der Waals surface area contributed by atoms with Crippen LogP contribution in [0.5, 0.6) is 0 Å². The fraction of sp³-hybridized carbons (Fsp3) is 0.458. The molecule has 2 aromatic rings. The van der Waals surface area contributed by atoms with Gasteiger partial charge < -0.3 is 9.47 Å². The Morgan fingerprint density at radius 2 is 1.37 bits per heavy atom. The van der Waals surface area contributed by atoms with E-state index in [4.69, 9.17) is 9.47 Å². The average Bonchev–Trinajstić information content (AvgIpc) is 3.00. The van der Waals surface area contributed by atoms with Crippen molar-refractivity contribution in [2.75, 3.05) is 13.2 Å². The second-order valence-corrected chi connectivity index (χ2v) is 8.06. The van der Waals surface area contributed by atoms with Crippen LogP contribution in [-0.4, -0.2) is 19.0 Å². The lowest BCUT2D eigenvalue weighted by atomic mass is 9.86. The van der Waals surface area contributed by atoms with Crippen molar-refractivity contribution in [1.29, 1.82) is 0 Å². The zero-order valence-electron chi connectivity index (χ0n) is 16.4. The molecule has 0 N–H and O–H groups in total. The van der Waals surface area contributed by atoms with Crippen LogP contribution in [0.25, 0.3) is 0 Å². The highest BCUT2D eigenvalue weighted by Crippen LogP contribution is 2.46. The lowest BCUT2D eigenvalue weighted by molar-refractivity contribution is -0.122. The summed E-state index contributed by atoms with van der Waals surface area (Å²) >= 11 is 0. The standard InChI is InChI=1S/C24H30O3/c1-19-13-24(14-23(19)20(2)25,17-26-15-21-9-5-3-6-10-21)18-27-16-22-11-7-4-8-12-22/h3-12,19,23H,13-18H2,1-2H3. The molecule has 3 nitrogen and oxygen atoms in total. The molecule has 0 spiro atoms. The molecule has 0 saturated heterocycles. The molecule has 2 atom stereocenters. The minimum atomic E-state index is -0.0840. The van der Waals surface area contributed by atoms with E-state index in [9.17, 15) is 4.79 Å². The van der Waals surface area contributed by atoms with Crippen LogP contribution >= 0.6 is 0 Å². The highest BCUT2D eigenvalue weighted by Gasteiger charge is 2.45. The number of benzene rings is 2. The Hall–Kier alpha value is -1.97. The fourth-order valence-corrected chi connectivity index (χ4v) is 4.32. The van der Waals surface area contributed by atoms with Gasteiger partial charge in [0.2, 0.25) is 0 Å². The van der Waals surface area contributed by atoms with Gasteiger partial charge in [-0.15, -0.1) is 0 Å². The van der Waals surface area contributed by atoms with Crippen LogP contribution in [0.15, 0.2) is 60.7 Å². The highest BCUT2D eigenvalue weighted by molar-refractivity contribution is 5.79. The van der Waals surface area contributed by atoms with Gasteiger partial charge in [0.25, 0.3) is 0 Å². The third-order valence-corrected chi connectivity index (χ3v) is 5.66. The van der Waals surface area contributed by atoms with Crippen LogP contribution in [0.1, 0.15) is 37.8 Å². The molecule has 0 aliphatic heterocycles. The SMILES string of the molecule is CC(=O)C1CC(COCc2ccccc2)(COCc2ccccc2)CC1C. The number of hydrogen-bond donors (Lipinski definition) is 0. The first kappa shape index (κ1) is 19.8. The molecule has 0 heterocycles. The summed E-state index contributed by atoms with van der Waals surface area (Å²) in [7, 11) is 0. The van der Waals surface area contributed by atoms with E-state index in [0.29, 0.717) is 32.3 Å². The molecule has 0 aromatic heterocycles. The van der Waals surface area contributed by atoms with Crippen molar-refractivity contribution < 1.29 is 14.3 Å². The van der Waals surface area contributed by atoms with E-state index in [2.05, 4.69) is 31.2 Å². The van der Waals surface area contributed by atoms with Crippen molar-refractivity contribution in [3.8, 4) is 0 Å². The molecular weight excluding hydrogens is 336 g/mol. The van der Waals surface area contributed by atoms with Gasteiger partial charge in [-0.2, -0.15) is 0 Å². The van der Waals surface area contributed by atoms with Gasteiger partial charge in [0, 0.05) is 11.3 Å². The summed E-state index contributed by atoms with van der Waals surface area (Å²) in [6, 6.07) is 20.4. The van der Waals surface area contributed by atoms with Crippen molar-refractivity contribution in [3.63, 3.8) is 0 Å². The maximum atomic E-state index is 12.1. The van der Waals surface area contributed by atoms with Gasteiger partial charge in [-0.3, -0.25) is 4.79 Å². The molecule has 144 valence electrons. The predicted molar refractivity (Wildman–Crippen MR) is 107 cm³/mol. The van der Waals surface area contributed by atoms with Crippen molar-refractivity contribution in [2.45, 2.75) is 39.9 Å². The Morgan fingerprint density at radius 1 is 0.889 bits per heavy atom. The summed E-state index contributed by atoms with van der Waals surface area (Å²) in [5, 5.41) is 0. The van der Waals surface area contributed by atoms with Gasteiger partial charge in [-0.1, -0.05) is 67.6 Å². The van der Waals surface area contributed by atoms with Crippen LogP contribution in [0, 0.1) is 17.3 Å². The topological polar surface area (TPSA) is 35.5 Å². The Balaban J connectivity index is 1.61. The lowest BCUT2D eigenvalue weighted by Gasteiger charge is -2.29. The van der Waals surface area contributed by atoms with Crippen molar-refractivity contribution in [2.24, 2.45) is 17.3 Å². The van der Waals surface area contributed by atoms with Crippen molar-refractivity contribution in [1.82, 2.24) is 0 Å². The van der Waals surface area contributed by atoms with Gasteiger partial charge in [0.15, 0.2) is 0 Å². The molecule has 0 bridgehead atoms. The summed E-state index contributed by atoms with van der Waals surface area (Å²) in [5.41, 5.74) is 2.26. The number of carbonyl (C=O) groups excluding carboxylic acids is 1. The van der Waals surface area contributed by atoms with Gasteiger partial charge in [-0.05, 0) is 36.8 Å². The highest BCUT2D eigenvalue weighted by atomic mass is 16.5. The molecule has 2 aromatic carbocycles. The maximum Gasteiger partial charge on any atom is 0.133 e. The number of Topliss-reactive ketones (excluding diaryl/α,β-unsaturated/α-hetero) is 1. The summed E-state index contributed by atoms with van der Waals surface area (Å²) < 4.78 is 12.2. The monoisotopic (exact) mass is 366 g/mol. The molecule has 2 unspecified atom stereocenters. The van der Waals surface area contributed by atoms with Crippen molar-refractivity contribution in [3.05, 3.63) is 71.8 Å². The zero-order valence-corrected chi connectivity index (χ0v) is 16.4. The fourth-order valence-electron chi connectivity index (χ4n) is 4.32. The molecule has 1 saturated carbocycles. The summed E-state index contributed by atoms with van der Waals surface area (Å²) in [5.74, 6) is 0.782. The quantitative estimate of drug-likeness (QED) is 0.623. The first-order valence-electron chi connectivity index (χ1n) is 9.82. The van der Waals surface area contributed by atoms with Crippen LogP contribution in [0.3, 0.4) is 0 Å². The third kappa shape index (κ3) is 5.50.